The maximum absolute atomic E-state index is 11.0. The lowest BCUT2D eigenvalue weighted by atomic mass is 10.3. The highest BCUT2D eigenvalue weighted by Gasteiger charge is 2.08. The number of amides is 1. The predicted octanol–water partition coefficient (Wildman–Crippen LogP) is 2.75. The lowest BCUT2D eigenvalue weighted by molar-refractivity contribution is -0.123. The van der Waals surface area contributed by atoms with Crippen LogP contribution in [0.25, 0.3) is 0 Å². The van der Waals surface area contributed by atoms with Gasteiger partial charge in [-0.25, -0.2) is 0 Å². The summed E-state index contributed by atoms with van der Waals surface area (Å²) in [5, 5.41) is 2.50. The highest BCUT2D eigenvalue weighted by molar-refractivity contribution is 14.1. The minimum absolute atomic E-state index is 0.0420. The van der Waals surface area contributed by atoms with Gasteiger partial charge in [0.2, 0.25) is 0 Å². The van der Waals surface area contributed by atoms with Crippen molar-refractivity contribution < 1.29 is 9.53 Å². The van der Waals surface area contributed by atoms with Gasteiger partial charge in [0.1, 0.15) is 5.76 Å². The van der Waals surface area contributed by atoms with Gasteiger partial charge >= 0.3 is 0 Å². The molecule has 0 bridgehead atoms. The Balaban J connectivity index is 4.41. The van der Waals surface area contributed by atoms with Crippen LogP contribution in [0, 0.1) is 0 Å². The molecule has 14 heavy (non-hydrogen) atoms. The normalized spacial score (nSPS) is 11.7. The molecular weight excluding hydrogens is 408 g/mol. The Morgan fingerprint density at radius 3 is 2.43 bits per heavy atom. The van der Waals surface area contributed by atoms with Crippen LogP contribution < -0.4 is 5.32 Å². The molecule has 0 aromatic rings. The van der Waals surface area contributed by atoms with Gasteiger partial charge in [0.15, 0.2) is 6.61 Å². The molecule has 0 rings (SSSR count). The van der Waals surface area contributed by atoms with E-state index in [1.807, 2.05) is 6.92 Å². The molecule has 1 N–H and O–H groups in total. The summed E-state index contributed by atoms with van der Waals surface area (Å²) in [6.45, 7) is 5.87. The van der Waals surface area contributed by atoms with Gasteiger partial charge < -0.3 is 10.1 Å². The van der Waals surface area contributed by atoms with Crippen LogP contribution in [0.2, 0.25) is 0 Å². The van der Waals surface area contributed by atoms with Crippen molar-refractivity contribution >= 4 is 51.1 Å². The van der Waals surface area contributed by atoms with E-state index < -0.39 is 0 Å². The van der Waals surface area contributed by atoms with Crippen molar-refractivity contribution in [3.63, 3.8) is 0 Å². The lowest BCUT2D eigenvalue weighted by Gasteiger charge is -2.10. The van der Waals surface area contributed by atoms with Crippen LogP contribution in [0.5, 0.6) is 0 Å². The monoisotopic (exact) mass is 421 g/mol. The summed E-state index contributed by atoms with van der Waals surface area (Å²) in [4.78, 5) is 11.0. The molecule has 5 heteroatoms. The third-order valence-electron chi connectivity index (χ3n) is 1.43. The summed E-state index contributed by atoms with van der Waals surface area (Å²) in [6.07, 6.45) is 0.881. The largest absolute Gasteiger partial charge is 0.482 e. The lowest BCUT2D eigenvalue weighted by Crippen LogP contribution is -2.23. The van der Waals surface area contributed by atoms with Crippen LogP contribution in [0.3, 0.4) is 0 Å². The number of allylic oxidation sites excluding steroid dienone is 2. The van der Waals surface area contributed by atoms with Gasteiger partial charge in [0.05, 0.1) is 0 Å². The number of halogens is 2. The Hall–Kier alpha value is 0.210. The number of hydrogen-bond donors (Lipinski definition) is 1. The van der Waals surface area contributed by atoms with E-state index in [1.165, 1.54) is 0 Å². The van der Waals surface area contributed by atoms with Crippen molar-refractivity contribution in [1.29, 1.82) is 0 Å². The minimum Gasteiger partial charge on any atom is -0.482 e. The summed E-state index contributed by atoms with van der Waals surface area (Å²) in [7, 11) is 1.58. The van der Waals surface area contributed by atoms with Crippen LogP contribution in [-0.4, -0.2) is 19.6 Å². The van der Waals surface area contributed by atoms with E-state index in [4.69, 9.17) is 4.74 Å². The molecule has 0 spiro atoms. The molecule has 0 aliphatic carbocycles. The van der Waals surface area contributed by atoms with Crippen LogP contribution in [0.15, 0.2) is 19.5 Å². The molecule has 0 aromatic carbocycles. The molecule has 1 amide bonds. The fraction of sp³-hybridized carbons (Fsp3) is 0.444. The summed E-state index contributed by atoms with van der Waals surface area (Å²) in [5.74, 6) is 0.581. The van der Waals surface area contributed by atoms with Gasteiger partial charge in [-0.05, 0) is 51.6 Å². The van der Waals surface area contributed by atoms with Gasteiger partial charge in [-0.2, -0.15) is 0 Å². The molecule has 0 fully saturated rings. The summed E-state index contributed by atoms with van der Waals surface area (Å²) in [6, 6.07) is 0. The Labute approximate surface area is 112 Å². The van der Waals surface area contributed by atoms with Crippen LogP contribution in [0.1, 0.15) is 13.3 Å². The maximum Gasteiger partial charge on any atom is 0.257 e. The van der Waals surface area contributed by atoms with Gasteiger partial charge in [0, 0.05) is 14.2 Å². The first-order valence-electron chi connectivity index (χ1n) is 4.09. The van der Waals surface area contributed by atoms with Crippen molar-refractivity contribution in [2.24, 2.45) is 0 Å². The van der Waals surface area contributed by atoms with Crippen molar-refractivity contribution in [3.05, 3.63) is 19.5 Å². The first-order valence-corrected chi connectivity index (χ1v) is 6.25. The van der Waals surface area contributed by atoms with E-state index in [2.05, 4.69) is 57.1 Å². The zero-order valence-corrected chi connectivity index (χ0v) is 12.5. The topological polar surface area (TPSA) is 38.3 Å². The van der Waals surface area contributed by atoms with Crippen LogP contribution in [0.4, 0.5) is 0 Å². The van der Waals surface area contributed by atoms with E-state index in [0.717, 1.165) is 19.3 Å². The molecule has 0 aliphatic rings. The second-order valence-electron chi connectivity index (χ2n) is 2.45. The quantitative estimate of drug-likeness (QED) is 0.422. The van der Waals surface area contributed by atoms with Crippen molar-refractivity contribution in [2.45, 2.75) is 13.3 Å². The fourth-order valence-corrected chi connectivity index (χ4v) is 2.15. The number of likely N-dealkylation sites (N-methyl/N-ethyl adjacent to an activating group) is 1. The summed E-state index contributed by atoms with van der Waals surface area (Å²) in [5.41, 5.74) is 0. The van der Waals surface area contributed by atoms with Crippen molar-refractivity contribution in [1.82, 2.24) is 5.32 Å². The molecule has 0 aromatic heterocycles. The predicted molar refractivity (Wildman–Crippen MR) is 74.5 cm³/mol. The first-order chi connectivity index (χ1) is 6.52. The van der Waals surface area contributed by atoms with E-state index >= 15 is 0 Å². The van der Waals surface area contributed by atoms with E-state index in [9.17, 15) is 4.79 Å². The molecule has 0 saturated carbocycles. The second kappa shape index (κ2) is 7.49. The van der Waals surface area contributed by atoms with Crippen molar-refractivity contribution in [3.8, 4) is 0 Å². The molecule has 0 aliphatic heterocycles. The average Bonchev–Trinajstić information content (AvgIpc) is 2.16. The standard InChI is InChI=1S/C9H13I2NO2/c1-4-7(11)9(6(2)10)14-5-8(13)12-3/h2,4-5H2,1,3H3,(H,12,13)/b9-7-. The van der Waals surface area contributed by atoms with E-state index in [1.54, 1.807) is 7.05 Å². The number of rotatable bonds is 5. The maximum atomic E-state index is 11.0. The summed E-state index contributed by atoms with van der Waals surface area (Å²) >= 11 is 4.29. The minimum atomic E-state index is -0.138. The third-order valence-corrected chi connectivity index (χ3v) is 3.17. The smallest absolute Gasteiger partial charge is 0.257 e. The number of carbonyl (C=O) groups excluding carboxylic acids is 1. The zero-order valence-electron chi connectivity index (χ0n) is 8.19. The zero-order chi connectivity index (χ0) is 11.1. The summed E-state index contributed by atoms with van der Waals surface area (Å²) < 4.78 is 7.25. The molecule has 3 nitrogen and oxygen atoms in total. The Morgan fingerprint density at radius 2 is 2.07 bits per heavy atom. The molecule has 0 saturated heterocycles. The molecule has 0 unspecified atom stereocenters. The SMILES string of the molecule is C=C(I)/C(OCC(=O)NC)=C(/I)CC. The van der Waals surface area contributed by atoms with Gasteiger partial charge in [-0.1, -0.05) is 13.5 Å². The Bertz CT molecular complexity index is 262. The number of carbonyl (C=O) groups is 1. The second-order valence-corrected chi connectivity index (χ2v) is 5.06. The fourth-order valence-electron chi connectivity index (χ4n) is 0.674. The van der Waals surface area contributed by atoms with Gasteiger partial charge in [-0.15, -0.1) is 0 Å². The molecule has 0 heterocycles. The van der Waals surface area contributed by atoms with E-state index in [0.29, 0.717) is 0 Å². The first kappa shape index (κ1) is 14.2. The average molecular weight is 421 g/mol. The number of hydrogen-bond acceptors (Lipinski definition) is 2. The Kier molecular flexibility index (Phi) is 7.61. The van der Waals surface area contributed by atoms with Gasteiger partial charge in [-0.3, -0.25) is 4.79 Å². The molecule has 0 radical (unpaired) electrons. The third kappa shape index (κ3) is 5.18. The molecule has 80 valence electrons. The van der Waals surface area contributed by atoms with Crippen molar-refractivity contribution in [2.75, 3.05) is 13.7 Å². The Morgan fingerprint density at radius 1 is 1.50 bits per heavy atom. The molecular formula is C9H13I2NO2. The van der Waals surface area contributed by atoms with Crippen LogP contribution >= 0.6 is 45.2 Å². The number of ether oxygens (including phenoxy) is 1. The van der Waals surface area contributed by atoms with E-state index in [-0.39, 0.29) is 12.5 Å². The highest BCUT2D eigenvalue weighted by atomic mass is 127. The molecule has 0 atom stereocenters. The van der Waals surface area contributed by atoms with Gasteiger partial charge in [0.25, 0.3) is 5.91 Å². The number of nitrogens with one attached hydrogen (secondary N) is 1. The highest BCUT2D eigenvalue weighted by Crippen LogP contribution is 2.26. The van der Waals surface area contributed by atoms with Crippen LogP contribution in [-0.2, 0) is 9.53 Å².